The van der Waals surface area contributed by atoms with Crippen molar-refractivity contribution in [2.45, 2.75) is 20.3 Å². The zero-order chi connectivity index (χ0) is 15.4. The Morgan fingerprint density at radius 1 is 1.38 bits per heavy atom. The largest absolute Gasteiger partial charge is 0.497 e. The van der Waals surface area contributed by atoms with Gasteiger partial charge in [-0.25, -0.2) is 0 Å². The minimum absolute atomic E-state index is 0.224. The Morgan fingerprint density at radius 3 is 2.57 bits per heavy atom. The van der Waals surface area contributed by atoms with Crippen molar-refractivity contribution in [2.24, 2.45) is 0 Å². The molecule has 1 aromatic carbocycles. The minimum Gasteiger partial charge on any atom is -0.497 e. The van der Waals surface area contributed by atoms with Crippen molar-refractivity contribution in [3.8, 4) is 11.8 Å². The van der Waals surface area contributed by atoms with Crippen LogP contribution in [0.5, 0.6) is 5.75 Å². The van der Waals surface area contributed by atoms with Gasteiger partial charge >= 0.3 is 0 Å². The van der Waals surface area contributed by atoms with Crippen LogP contribution in [0, 0.1) is 18.3 Å². The number of thiophene rings is 1. The maximum atomic E-state index is 12.2. The molecule has 0 aliphatic carbocycles. The lowest BCUT2D eigenvalue weighted by Crippen LogP contribution is -2.11. The van der Waals surface area contributed by atoms with E-state index in [0.29, 0.717) is 21.9 Å². The number of carbonyl (C=O) groups excluding carboxylic acids is 1. The van der Waals surface area contributed by atoms with E-state index in [1.807, 2.05) is 13.8 Å². The van der Waals surface area contributed by atoms with E-state index in [1.54, 1.807) is 31.4 Å². The van der Waals surface area contributed by atoms with Crippen molar-refractivity contribution < 1.29 is 9.53 Å². The van der Waals surface area contributed by atoms with Gasteiger partial charge in [-0.2, -0.15) is 5.26 Å². The Bertz CT molecular complexity index is 696. The SMILES string of the molecule is CCc1c(C)sc(NC(=O)c2ccc(OC)cc2)c1C#N. The Labute approximate surface area is 128 Å². The Hall–Kier alpha value is -2.32. The van der Waals surface area contributed by atoms with Crippen molar-refractivity contribution in [1.29, 1.82) is 5.26 Å². The first-order valence-electron chi connectivity index (χ1n) is 6.58. The second-order valence-electron chi connectivity index (χ2n) is 4.49. The van der Waals surface area contributed by atoms with Crippen LogP contribution in [-0.4, -0.2) is 13.0 Å². The van der Waals surface area contributed by atoms with Gasteiger partial charge in [0.25, 0.3) is 5.91 Å². The Balaban J connectivity index is 2.25. The standard InChI is InChI=1S/C16H16N2O2S/c1-4-13-10(2)21-16(14(13)9-17)18-15(19)11-5-7-12(20-3)8-6-11/h5-8H,4H2,1-3H3,(H,18,19). The van der Waals surface area contributed by atoms with Gasteiger partial charge in [0.2, 0.25) is 0 Å². The van der Waals surface area contributed by atoms with E-state index in [0.717, 1.165) is 16.9 Å². The molecule has 0 aliphatic heterocycles. The van der Waals surface area contributed by atoms with Gasteiger partial charge in [-0.05, 0) is 43.2 Å². The van der Waals surface area contributed by atoms with E-state index in [9.17, 15) is 10.1 Å². The van der Waals surface area contributed by atoms with Crippen LogP contribution >= 0.6 is 11.3 Å². The maximum absolute atomic E-state index is 12.2. The molecule has 0 unspecified atom stereocenters. The molecule has 1 heterocycles. The molecular formula is C16H16N2O2S. The molecule has 0 saturated heterocycles. The number of hydrogen-bond donors (Lipinski definition) is 1. The Kier molecular flexibility index (Phi) is 4.61. The summed E-state index contributed by atoms with van der Waals surface area (Å²) in [5.41, 5.74) is 2.11. The highest BCUT2D eigenvalue weighted by Crippen LogP contribution is 2.33. The predicted molar refractivity (Wildman–Crippen MR) is 84.1 cm³/mol. The number of nitrogens with one attached hydrogen (secondary N) is 1. The predicted octanol–water partition coefficient (Wildman–Crippen LogP) is 3.75. The van der Waals surface area contributed by atoms with Gasteiger partial charge in [0, 0.05) is 10.4 Å². The number of rotatable bonds is 4. The van der Waals surface area contributed by atoms with E-state index in [2.05, 4.69) is 11.4 Å². The van der Waals surface area contributed by atoms with E-state index in [1.165, 1.54) is 11.3 Å². The van der Waals surface area contributed by atoms with Gasteiger partial charge in [-0.15, -0.1) is 11.3 Å². The van der Waals surface area contributed by atoms with Crippen molar-refractivity contribution in [2.75, 3.05) is 12.4 Å². The molecule has 1 N–H and O–H groups in total. The molecule has 0 atom stereocenters. The number of aryl methyl sites for hydroxylation is 1. The maximum Gasteiger partial charge on any atom is 0.256 e. The van der Waals surface area contributed by atoms with Crippen LogP contribution in [0.15, 0.2) is 24.3 Å². The fraction of sp³-hybridized carbons (Fsp3) is 0.250. The van der Waals surface area contributed by atoms with E-state index in [-0.39, 0.29) is 5.91 Å². The highest BCUT2D eigenvalue weighted by Gasteiger charge is 2.16. The molecular weight excluding hydrogens is 284 g/mol. The van der Waals surface area contributed by atoms with Crippen LogP contribution in [0.1, 0.15) is 33.3 Å². The second-order valence-corrected chi connectivity index (χ2v) is 5.71. The number of carbonyl (C=O) groups is 1. The van der Waals surface area contributed by atoms with Gasteiger partial charge in [-0.1, -0.05) is 6.92 Å². The van der Waals surface area contributed by atoms with Crippen LogP contribution in [0.25, 0.3) is 0 Å². The first-order valence-corrected chi connectivity index (χ1v) is 7.40. The smallest absolute Gasteiger partial charge is 0.256 e. The number of nitriles is 1. The minimum atomic E-state index is -0.224. The number of methoxy groups -OCH3 is 1. The molecule has 0 spiro atoms. The van der Waals surface area contributed by atoms with Crippen LogP contribution in [0.3, 0.4) is 0 Å². The summed E-state index contributed by atoms with van der Waals surface area (Å²) in [5.74, 6) is 0.475. The fourth-order valence-electron chi connectivity index (χ4n) is 2.13. The zero-order valence-electron chi connectivity index (χ0n) is 12.2. The number of benzene rings is 1. The van der Waals surface area contributed by atoms with E-state index >= 15 is 0 Å². The second kappa shape index (κ2) is 6.42. The summed E-state index contributed by atoms with van der Waals surface area (Å²) in [6.07, 6.45) is 0.781. The molecule has 0 bridgehead atoms. The topological polar surface area (TPSA) is 62.1 Å². The summed E-state index contributed by atoms with van der Waals surface area (Å²) in [4.78, 5) is 13.3. The van der Waals surface area contributed by atoms with Crippen LogP contribution < -0.4 is 10.1 Å². The third-order valence-electron chi connectivity index (χ3n) is 3.25. The lowest BCUT2D eigenvalue weighted by Gasteiger charge is -2.05. The summed E-state index contributed by atoms with van der Waals surface area (Å²) >= 11 is 1.44. The summed E-state index contributed by atoms with van der Waals surface area (Å²) in [7, 11) is 1.58. The van der Waals surface area contributed by atoms with Gasteiger partial charge in [0.15, 0.2) is 0 Å². The quantitative estimate of drug-likeness (QED) is 0.935. The third kappa shape index (κ3) is 3.06. The molecule has 0 aliphatic rings. The highest BCUT2D eigenvalue weighted by atomic mass is 32.1. The normalized spacial score (nSPS) is 10.0. The van der Waals surface area contributed by atoms with Crippen molar-refractivity contribution >= 4 is 22.2 Å². The zero-order valence-corrected chi connectivity index (χ0v) is 13.0. The monoisotopic (exact) mass is 300 g/mol. The van der Waals surface area contributed by atoms with Gasteiger partial charge in [-0.3, -0.25) is 4.79 Å². The van der Waals surface area contributed by atoms with Crippen molar-refractivity contribution in [1.82, 2.24) is 0 Å². The number of hydrogen-bond acceptors (Lipinski definition) is 4. The van der Waals surface area contributed by atoms with Crippen molar-refractivity contribution in [3.63, 3.8) is 0 Å². The molecule has 108 valence electrons. The van der Waals surface area contributed by atoms with Gasteiger partial charge in [0.1, 0.15) is 16.8 Å². The summed E-state index contributed by atoms with van der Waals surface area (Å²) in [5, 5.41) is 12.7. The van der Waals surface area contributed by atoms with E-state index < -0.39 is 0 Å². The van der Waals surface area contributed by atoms with E-state index in [4.69, 9.17) is 4.74 Å². The van der Waals surface area contributed by atoms with Gasteiger partial charge < -0.3 is 10.1 Å². The summed E-state index contributed by atoms with van der Waals surface area (Å²) < 4.78 is 5.06. The molecule has 0 fully saturated rings. The molecule has 5 heteroatoms. The van der Waals surface area contributed by atoms with Crippen LogP contribution in [-0.2, 0) is 6.42 Å². The first-order chi connectivity index (χ1) is 10.1. The summed E-state index contributed by atoms with van der Waals surface area (Å²) in [6, 6.07) is 9.05. The molecule has 0 radical (unpaired) electrons. The highest BCUT2D eigenvalue weighted by molar-refractivity contribution is 7.16. The number of anilines is 1. The third-order valence-corrected chi connectivity index (χ3v) is 4.32. The molecule has 2 rings (SSSR count). The molecule has 21 heavy (non-hydrogen) atoms. The van der Waals surface area contributed by atoms with Crippen molar-refractivity contribution in [3.05, 3.63) is 45.8 Å². The Morgan fingerprint density at radius 2 is 2.05 bits per heavy atom. The lowest BCUT2D eigenvalue weighted by atomic mass is 10.1. The molecule has 0 saturated carbocycles. The average molecular weight is 300 g/mol. The summed E-state index contributed by atoms with van der Waals surface area (Å²) in [6.45, 7) is 3.97. The number of amides is 1. The average Bonchev–Trinajstić information content (AvgIpc) is 2.81. The fourth-order valence-corrected chi connectivity index (χ4v) is 3.22. The number of ether oxygens (including phenoxy) is 1. The van der Waals surface area contributed by atoms with Crippen LogP contribution in [0.4, 0.5) is 5.00 Å². The molecule has 2 aromatic rings. The molecule has 4 nitrogen and oxygen atoms in total. The van der Waals surface area contributed by atoms with Crippen LogP contribution in [0.2, 0.25) is 0 Å². The number of nitrogens with zero attached hydrogens (tertiary/aromatic N) is 1. The molecule has 1 amide bonds. The molecule has 1 aromatic heterocycles. The lowest BCUT2D eigenvalue weighted by molar-refractivity contribution is 0.102. The van der Waals surface area contributed by atoms with Gasteiger partial charge in [0.05, 0.1) is 12.7 Å². The first kappa shape index (κ1) is 15.1.